The van der Waals surface area contributed by atoms with Gasteiger partial charge in [0.2, 0.25) is 11.8 Å². The van der Waals surface area contributed by atoms with Gasteiger partial charge in [-0.25, -0.2) is 25.0 Å². The summed E-state index contributed by atoms with van der Waals surface area (Å²) in [6.45, 7) is 8.25. The fourth-order valence-corrected chi connectivity index (χ4v) is 6.42. The van der Waals surface area contributed by atoms with Gasteiger partial charge in [0.25, 0.3) is 0 Å². The monoisotopic (exact) mass is 594 g/mol. The maximum absolute atomic E-state index is 14.1. The Morgan fingerprint density at radius 3 is 2.36 bits per heavy atom. The van der Waals surface area contributed by atoms with E-state index in [9.17, 15) is 19.5 Å². The van der Waals surface area contributed by atoms with Crippen molar-refractivity contribution in [2.45, 2.75) is 91.1 Å². The van der Waals surface area contributed by atoms with Crippen LogP contribution in [0.3, 0.4) is 0 Å². The fraction of sp³-hybridized carbons (Fsp3) is 0.562. The van der Waals surface area contributed by atoms with Gasteiger partial charge in [-0.05, 0) is 90.2 Å². The second-order valence-electron chi connectivity index (χ2n) is 12.5. The number of nitrogens with one attached hydrogen (secondary N) is 1. The molecule has 0 radical (unpaired) electrons. The topological polar surface area (TPSA) is 112 Å². The standard InChI is InChI=1S/C32H42N4O5S/c1-21-9-11-22(12-10-21)29(37)36(26-20-25(17-18-32(2,3)4)42-28(26)30(38)39)24-15-13-23(14-16-24)34-35(5)31(40)41-27-8-6-7-19-33-27/h6-8,19-24,34H,9-16H2,1-5H3,(H,38,39). The normalized spacial score (nSPS) is 22.4. The first-order valence-corrected chi connectivity index (χ1v) is 15.6. The average molecular weight is 595 g/mol. The summed E-state index contributed by atoms with van der Waals surface area (Å²) in [6.07, 6.45) is 7.40. The van der Waals surface area contributed by atoms with Crippen molar-refractivity contribution in [2.24, 2.45) is 17.3 Å². The second kappa shape index (κ2) is 13.7. The molecular weight excluding hydrogens is 552 g/mol. The number of rotatable bonds is 7. The highest BCUT2D eigenvalue weighted by atomic mass is 32.1. The summed E-state index contributed by atoms with van der Waals surface area (Å²) in [7, 11) is 1.61. The average Bonchev–Trinajstić information content (AvgIpc) is 3.38. The Balaban J connectivity index is 1.52. The van der Waals surface area contributed by atoms with Gasteiger partial charge in [0.15, 0.2) is 0 Å². The first-order valence-electron chi connectivity index (χ1n) is 14.8. The van der Waals surface area contributed by atoms with Crippen molar-refractivity contribution >= 4 is 35.0 Å². The Hall–Kier alpha value is -3.42. The molecular formula is C32H42N4O5S. The molecule has 2 saturated carbocycles. The van der Waals surface area contributed by atoms with Crippen molar-refractivity contribution in [3.05, 3.63) is 40.2 Å². The Morgan fingerprint density at radius 1 is 1.07 bits per heavy atom. The van der Waals surface area contributed by atoms with E-state index in [2.05, 4.69) is 29.2 Å². The molecule has 2 aliphatic carbocycles. The molecule has 2 heterocycles. The lowest BCUT2D eigenvalue weighted by Crippen LogP contribution is -2.51. The van der Waals surface area contributed by atoms with Crippen molar-refractivity contribution in [1.29, 1.82) is 0 Å². The van der Waals surface area contributed by atoms with Crippen LogP contribution < -0.4 is 15.1 Å². The minimum absolute atomic E-state index is 0.00430. The van der Waals surface area contributed by atoms with Gasteiger partial charge in [-0.1, -0.05) is 24.8 Å². The highest BCUT2D eigenvalue weighted by Crippen LogP contribution is 2.39. The molecule has 226 valence electrons. The number of hydrazine groups is 1. The molecule has 0 aromatic carbocycles. The van der Waals surface area contributed by atoms with Crippen LogP contribution in [0.5, 0.6) is 5.88 Å². The first-order chi connectivity index (χ1) is 19.9. The van der Waals surface area contributed by atoms with Crippen LogP contribution >= 0.6 is 11.3 Å². The lowest BCUT2D eigenvalue weighted by atomic mass is 9.81. The number of nitrogens with zero attached hydrogens (tertiary/aromatic N) is 3. The number of amides is 2. The third kappa shape index (κ3) is 8.33. The smallest absolute Gasteiger partial charge is 0.430 e. The van der Waals surface area contributed by atoms with Crippen LogP contribution in [0.25, 0.3) is 0 Å². The number of carbonyl (C=O) groups is 3. The summed E-state index contributed by atoms with van der Waals surface area (Å²) in [5, 5.41) is 11.5. The number of anilines is 1. The lowest BCUT2D eigenvalue weighted by molar-refractivity contribution is -0.124. The van der Waals surface area contributed by atoms with Gasteiger partial charge in [0, 0.05) is 42.7 Å². The van der Waals surface area contributed by atoms with Crippen LogP contribution in [0, 0.1) is 29.1 Å². The first kappa shape index (κ1) is 31.5. The summed E-state index contributed by atoms with van der Waals surface area (Å²) >= 11 is 1.14. The van der Waals surface area contributed by atoms with E-state index in [1.807, 2.05) is 20.8 Å². The molecule has 2 aliphatic rings. The Morgan fingerprint density at radius 2 is 1.76 bits per heavy atom. The van der Waals surface area contributed by atoms with Gasteiger partial charge in [0.05, 0.1) is 10.6 Å². The number of carbonyl (C=O) groups excluding carboxylic acids is 2. The van der Waals surface area contributed by atoms with E-state index in [0.29, 0.717) is 42.2 Å². The molecule has 0 aliphatic heterocycles. The number of thiophene rings is 1. The molecule has 2 aromatic heterocycles. The summed E-state index contributed by atoms with van der Waals surface area (Å²) in [6, 6.07) is 6.76. The van der Waals surface area contributed by atoms with Crippen LogP contribution in [0.15, 0.2) is 30.5 Å². The largest absolute Gasteiger partial charge is 0.477 e. The minimum Gasteiger partial charge on any atom is -0.477 e. The van der Waals surface area contributed by atoms with E-state index in [4.69, 9.17) is 4.74 Å². The molecule has 2 fully saturated rings. The zero-order valence-corrected chi connectivity index (χ0v) is 26.0. The summed E-state index contributed by atoms with van der Waals surface area (Å²) in [5.41, 5.74) is 3.45. The molecule has 4 rings (SSSR count). The summed E-state index contributed by atoms with van der Waals surface area (Å²) in [4.78, 5) is 45.7. The van der Waals surface area contributed by atoms with E-state index >= 15 is 0 Å². The van der Waals surface area contributed by atoms with Gasteiger partial charge in [0.1, 0.15) is 4.88 Å². The molecule has 0 atom stereocenters. The number of aromatic carboxylic acids is 1. The van der Waals surface area contributed by atoms with Crippen LogP contribution in [0.4, 0.5) is 10.5 Å². The molecule has 2 aromatic rings. The highest BCUT2D eigenvalue weighted by Gasteiger charge is 2.37. The maximum Gasteiger partial charge on any atom is 0.430 e. The molecule has 0 spiro atoms. The SMILES string of the molecule is CC1CCC(C(=O)N(c2cc(C#CC(C)(C)C)sc2C(=O)O)C2CCC(NN(C)C(=O)Oc3ccccn3)CC2)CC1. The molecule has 0 unspecified atom stereocenters. The zero-order valence-electron chi connectivity index (χ0n) is 25.2. The van der Waals surface area contributed by atoms with Crippen LogP contribution in [0.1, 0.15) is 93.6 Å². The van der Waals surface area contributed by atoms with E-state index in [0.717, 1.165) is 37.0 Å². The Labute approximate surface area is 252 Å². The Kier molecular flexibility index (Phi) is 10.3. The molecule has 2 amide bonds. The zero-order chi connectivity index (χ0) is 30.4. The van der Waals surface area contributed by atoms with Crippen molar-refractivity contribution in [3.8, 4) is 17.7 Å². The van der Waals surface area contributed by atoms with E-state index in [1.165, 1.54) is 5.01 Å². The number of pyridine rings is 1. The molecule has 0 bridgehead atoms. The van der Waals surface area contributed by atoms with Gasteiger partial charge in [-0.2, -0.15) is 0 Å². The Bertz CT molecular complexity index is 1310. The lowest BCUT2D eigenvalue weighted by Gasteiger charge is -2.40. The molecule has 0 saturated heterocycles. The van der Waals surface area contributed by atoms with Crippen LogP contribution in [0.2, 0.25) is 0 Å². The van der Waals surface area contributed by atoms with Gasteiger partial charge < -0.3 is 14.7 Å². The molecule has 10 heteroatoms. The van der Waals surface area contributed by atoms with Gasteiger partial charge in [-0.15, -0.1) is 11.3 Å². The third-order valence-corrected chi connectivity index (χ3v) is 8.90. The van der Waals surface area contributed by atoms with E-state index in [-0.39, 0.29) is 40.1 Å². The predicted octanol–water partition coefficient (Wildman–Crippen LogP) is 6.34. The quantitative estimate of drug-likeness (QED) is 0.284. The molecule has 42 heavy (non-hydrogen) atoms. The van der Waals surface area contributed by atoms with Crippen molar-refractivity contribution < 1.29 is 24.2 Å². The summed E-state index contributed by atoms with van der Waals surface area (Å²) in [5.74, 6) is 6.01. The van der Waals surface area contributed by atoms with E-state index < -0.39 is 12.1 Å². The third-order valence-electron chi connectivity index (χ3n) is 7.87. The van der Waals surface area contributed by atoms with E-state index in [1.54, 1.807) is 42.4 Å². The van der Waals surface area contributed by atoms with Crippen LogP contribution in [-0.4, -0.2) is 52.2 Å². The van der Waals surface area contributed by atoms with Crippen LogP contribution in [-0.2, 0) is 4.79 Å². The van der Waals surface area contributed by atoms with Crippen molar-refractivity contribution in [3.63, 3.8) is 0 Å². The number of hydrogen-bond acceptors (Lipinski definition) is 7. The number of ether oxygens (including phenoxy) is 1. The van der Waals surface area contributed by atoms with Gasteiger partial charge in [-0.3, -0.25) is 4.79 Å². The second-order valence-corrected chi connectivity index (χ2v) is 13.6. The number of aromatic nitrogens is 1. The number of hydrogen-bond donors (Lipinski definition) is 2. The fourth-order valence-electron chi connectivity index (χ4n) is 5.58. The van der Waals surface area contributed by atoms with Crippen molar-refractivity contribution in [1.82, 2.24) is 15.4 Å². The number of carboxylic acids is 1. The predicted molar refractivity (Wildman–Crippen MR) is 163 cm³/mol. The maximum atomic E-state index is 14.1. The minimum atomic E-state index is -1.04. The molecule has 9 nitrogen and oxygen atoms in total. The number of carboxylic acid groups (broad SMARTS) is 1. The molecule has 2 N–H and O–H groups in total. The summed E-state index contributed by atoms with van der Waals surface area (Å²) < 4.78 is 5.31. The highest BCUT2D eigenvalue weighted by molar-refractivity contribution is 7.15. The van der Waals surface area contributed by atoms with Crippen molar-refractivity contribution in [2.75, 3.05) is 11.9 Å². The van der Waals surface area contributed by atoms with Gasteiger partial charge >= 0.3 is 12.1 Å².